The number of aromatic amines is 1. The van der Waals surface area contributed by atoms with E-state index in [2.05, 4.69) is 15.3 Å². The molecule has 0 aliphatic rings. The van der Waals surface area contributed by atoms with Crippen LogP contribution in [0.5, 0.6) is 0 Å². The fourth-order valence-corrected chi connectivity index (χ4v) is 1.89. The van der Waals surface area contributed by atoms with E-state index >= 15 is 0 Å². The molecule has 2 aromatic rings. The number of nitrogens with zero attached hydrogens (tertiary/aromatic N) is 1. The largest absolute Gasteiger partial charge is 0.399 e. The molecule has 96 valence electrons. The minimum Gasteiger partial charge on any atom is -0.399 e. The molecule has 0 unspecified atom stereocenters. The maximum absolute atomic E-state index is 11.0. The first-order chi connectivity index (χ1) is 8.35. The number of benzene rings is 1. The van der Waals surface area contributed by atoms with E-state index < -0.39 is 5.54 Å². The summed E-state index contributed by atoms with van der Waals surface area (Å²) in [7, 11) is 0. The van der Waals surface area contributed by atoms with Crippen LogP contribution in [0.4, 0.5) is 11.6 Å². The van der Waals surface area contributed by atoms with Crippen LogP contribution in [0.25, 0.3) is 11.0 Å². The second-order valence-corrected chi connectivity index (χ2v) is 5.01. The van der Waals surface area contributed by atoms with Crippen LogP contribution in [0.2, 0.25) is 0 Å². The number of amides is 1. The Morgan fingerprint density at radius 3 is 2.89 bits per heavy atom. The first kappa shape index (κ1) is 12.2. The summed E-state index contributed by atoms with van der Waals surface area (Å²) in [6, 6.07) is 5.45. The van der Waals surface area contributed by atoms with Gasteiger partial charge >= 0.3 is 0 Å². The minimum atomic E-state index is -0.453. The van der Waals surface area contributed by atoms with Crippen LogP contribution in [0, 0.1) is 0 Å². The molecule has 0 fully saturated rings. The Morgan fingerprint density at radius 2 is 2.22 bits per heavy atom. The topological polar surface area (TPSA) is 110 Å². The lowest BCUT2D eigenvalue weighted by Gasteiger charge is -2.24. The van der Waals surface area contributed by atoms with E-state index in [-0.39, 0.29) is 12.3 Å². The third kappa shape index (κ3) is 2.71. The summed E-state index contributed by atoms with van der Waals surface area (Å²) in [4.78, 5) is 18.4. The molecule has 0 radical (unpaired) electrons. The molecule has 1 amide bonds. The Labute approximate surface area is 105 Å². The van der Waals surface area contributed by atoms with Crippen LogP contribution in [-0.4, -0.2) is 21.4 Å². The SMILES string of the molecule is CC(C)(CC(N)=O)Nc1nc2ccc(N)cc2[nH]1. The van der Waals surface area contributed by atoms with Gasteiger partial charge in [0.15, 0.2) is 0 Å². The molecule has 6 heteroatoms. The molecule has 2 rings (SSSR count). The summed E-state index contributed by atoms with van der Waals surface area (Å²) in [5.74, 6) is 0.245. The molecular weight excluding hydrogens is 230 g/mol. The van der Waals surface area contributed by atoms with Crippen molar-refractivity contribution in [3.63, 3.8) is 0 Å². The first-order valence-electron chi connectivity index (χ1n) is 5.67. The van der Waals surface area contributed by atoms with Gasteiger partial charge in [0.05, 0.1) is 11.0 Å². The van der Waals surface area contributed by atoms with Crippen LogP contribution < -0.4 is 16.8 Å². The van der Waals surface area contributed by atoms with Crippen molar-refractivity contribution in [1.82, 2.24) is 9.97 Å². The number of hydrogen-bond acceptors (Lipinski definition) is 4. The summed E-state index contributed by atoms with van der Waals surface area (Å²) >= 11 is 0. The van der Waals surface area contributed by atoms with Crippen molar-refractivity contribution in [3.8, 4) is 0 Å². The minimum absolute atomic E-state index is 0.228. The highest BCUT2D eigenvalue weighted by Gasteiger charge is 2.21. The normalized spacial score (nSPS) is 11.7. The summed E-state index contributed by atoms with van der Waals surface area (Å²) in [6.07, 6.45) is 0.228. The zero-order valence-corrected chi connectivity index (χ0v) is 10.4. The lowest BCUT2D eigenvalue weighted by atomic mass is 10.0. The summed E-state index contributed by atoms with van der Waals surface area (Å²) in [5, 5.41) is 3.15. The number of nitrogens with two attached hydrogens (primary N) is 2. The van der Waals surface area contributed by atoms with Crippen molar-refractivity contribution in [1.29, 1.82) is 0 Å². The number of primary amides is 1. The molecule has 1 aromatic heterocycles. The Hall–Kier alpha value is -2.24. The molecule has 1 aromatic carbocycles. The van der Waals surface area contributed by atoms with Gasteiger partial charge in [-0.05, 0) is 32.0 Å². The average Bonchev–Trinajstić information content (AvgIpc) is 2.55. The monoisotopic (exact) mass is 247 g/mol. The van der Waals surface area contributed by atoms with Gasteiger partial charge in [0, 0.05) is 17.6 Å². The summed E-state index contributed by atoms with van der Waals surface area (Å²) < 4.78 is 0. The quantitative estimate of drug-likeness (QED) is 0.609. The molecule has 0 bridgehead atoms. The number of nitrogens with one attached hydrogen (secondary N) is 2. The summed E-state index contributed by atoms with van der Waals surface area (Å²) in [6.45, 7) is 3.78. The number of nitrogen functional groups attached to an aromatic ring is 1. The molecule has 0 saturated carbocycles. The smallest absolute Gasteiger partial charge is 0.219 e. The van der Waals surface area contributed by atoms with E-state index in [4.69, 9.17) is 11.5 Å². The van der Waals surface area contributed by atoms with Crippen LogP contribution in [0.3, 0.4) is 0 Å². The second kappa shape index (κ2) is 4.21. The number of carbonyl (C=O) groups excluding carboxylic acids is 1. The highest BCUT2D eigenvalue weighted by molar-refractivity contribution is 5.81. The Morgan fingerprint density at radius 1 is 1.50 bits per heavy atom. The number of rotatable bonds is 4. The molecular formula is C12H17N5O. The zero-order valence-electron chi connectivity index (χ0n) is 10.4. The number of fused-ring (bicyclic) bond motifs is 1. The van der Waals surface area contributed by atoms with E-state index in [1.807, 2.05) is 26.0 Å². The van der Waals surface area contributed by atoms with Gasteiger partial charge in [-0.1, -0.05) is 0 Å². The van der Waals surface area contributed by atoms with Crippen molar-refractivity contribution in [2.45, 2.75) is 25.8 Å². The lowest BCUT2D eigenvalue weighted by molar-refractivity contribution is -0.118. The molecule has 1 heterocycles. The Kier molecular flexibility index (Phi) is 2.86. The molecule has 6 N–H and O–H groups in total. The predicted octanol–water partition coefficient (Wildman–Crippen LogP) is 1.21. The molecule has 6 nitrogen and oxygen atoms in total. The summed E-state index contributed by atoms with van der Waals surface area (Å²) in [5.41, 5.74) is 12.8. The van der Waals surface area contributed by atoms with E-state index in [0.717, 1.165) is 11.0 Å². The van der Waals surface area contributed by atoms with E-state index in [1.165, 1.54) is 0 Å². The van der Waals surface area contributed by atoms with Gasteiger partial charge in [0.25, 0.3) is 0 Å². The third-order valence-electron chi connectivity index (χ3n) is 2.58. The van der Waals surface area contributed by atoms with Gasteiger partial charge in [-0.2, -0.15) is 0 Å². The van der Waals surface area contributed by atoms with Crippen LogP contribution >= 0.6 is 0 Å². The van der Waals surface area contributed by atoms with Gasteiger partial charge in [-0.3, -0.25) is 4.79 Å². The van der Waals surface area contributed by atoms with Gasteiger partial charge < -0.3 is 21.8 Å². The molecule has 0 aliphatic carbocycles. The number of hydrogen-bond donors (Lipinski definition) is 4. The van der Waals surface area contributed by atoms with E-state index in [0.29, 0.717) is 11.6 Å². The van der Waals surface area contributed by atoms with Crippen molar-refractivity contribution in [3.05, 3.63) is 18.2 Å². The molecule has 0 spiro atoms. The average molecular weight is 247 g/mol. The number of anilines is 2. The number of H-pyrrole nitrogens is 1. The van der Waals surface area contributed by atoms with Crippen LogP contribution in [0.15, 0.2) is 18.2 Å². The third-order valence-corrected chi connectivity index (χ3v) is 2.58. The second-order valence-electron chi connectivity index (χ2n) is 5.01. The van der Waals surface area contributed by atoms with Crippen molar-refractivity contribution in [2.75, 3.05) is 11.1 Å². The van der Waals surface area contributed by atoms with Crippen LogP contribution in [-0.2, 0) is 4.79 Å². The van der Waals surface area contributed by atoms with Gasteiger partial charge in [-0.15, -0.1) is 0 Å². The highest BCUT2D eigenvalue weighted by Crippen LogP contribution is 2.20. The molecule has 18 heavy (non-hydrogen) atoms. The number of aromatic nitrogens is 2. The first-order valence-corrected chi connectivity index (χ1v) is 5.67. The highest BCUT2D eigenvalue weighted by atomic mass is 16.1. The zero-order chi connectivity index (χ0) is 13.3. The Bertz CT molecular complexity index is 587. The molecule has 0 atom stereocenters. The van der Waals surface area contributed by atoms with Crippen molar-refractivity contribution in [2.24, 2.45) is 5.73 Å². The fraction of sp³-hybridized carbons (Fsp3) is 0.333. The molecule has 0 aliphatic heterocycles. The predicted molar refractivity (Wildman–Crippen MR) is 72.0 cm³/mol. The van der Waals surface area contributed by atoms with Crippen molar-refractivity contribution >= 4 is 28.6 Å². The fourth-order valence-electron chi connectivity index (χ4n) is 1.89. The Balaban J connectivity index is 2.24. The van der Waals surface area contributed by atoms with Crippen molar-refractivity contribution < 1.29 is 4.79 Å². The molecule has 0 saturated heterocycles. The van der Waals surface area contributed by atoms with Crippen LogP contribution in [0.1, 0.15) is 20.3 Å². The number of carbonyl (C=O) groups is 1. The van der Waals surface area contributed by atoms with Gasteiger partial charge in [0.1, 0.15) is 0 Å². The van der Waals surface area contributed by atoms with Gasteiger partial charge in [-0.25, -0.2) is 4.98 Å². The lowest BCUT2D eigenvalue weighted by Crippen LogP contribution is -2.36. The maximum Gasteiger partial charge on any atom is 0.219 e. The standard InChI is InChI=1S/C12H17N5O/c1-12(2,6-10(14)18)17-11-15-8-4-3-7(13)5-9(8)16-11/h3-5H,6,13H2,1-2H3,(H2,14,18)(H2,15,16,17). The van der Waals surface area contributed by atoms with Gasteiger partial charge in [0.2, 0.25) is 11.9 Å². The van der Waals surface area contributed by atoms with E-state index in [1.54, 1.807) is 6.07 Å². The maximum atomic E-state index is 11.0. The van der Waals surface area contributed by atoms with E-state index in [9.17, 15) is 4.79 Å². The number of imidazole rings is 1.